The largest absolute Gasteiger partial charge is 0.497 e. The number of carbonyl (C=O) groups is 1. The van der Waals surface area contributed by atoms with Crippen molar-refractivity contribution in [3.63, 3.8) is 0 Å². The van der Waals surface area contributed by atoms with E-state index in [-0.39, 0.29) is 5.69 Å². The number of aldehydes is 1. The van der Waals surface area contributed by atoms with E-state index in [2.05, 4.69) is 15.3 Å². The summed E-state index contributed by atoms with van der Waals surface area (Å²) in [4.78, 5) is 15.2. The summed E-state index contributed by atoms with van der Waals surface area (Å²) in [5, 5.41) is 7.99. The van der Waals surface area contributed by atoms with Gasteiger partial charge >= 0.3 is 0 Å². The van der Waals surface area contributed by atoms with Gasteiger partial charge in [-0.2, -0.15) is 0 Å². The maximum Gasteiger partial charge on any atom is 0.172 e. The molecule has 0 bridgehead atoms. The lowest BCUT2D eigenvalue weighted by molar-refractivity contribution is 0.111. The summed E-state index contributed by atoms with van der Waals surface area (Å²) in [6.45, 7) is 0. The average molecular weight is 280 g/mol. The van der Waals surface area contributed by atoms with Gasteiger partial charge in [-0.1, -0.05) is 5.21 Å². The number of methoxy groups -OCH3 is 1. The molecule has 3 rings (SSSR count). The Morgan fingerprint density at radius 2 is 1.81 bits per heavy atom. The Balaban J connectivity index is 2.15. The molecule has 0 N–H and O–H groups in total. The molecule has 0 radical (unpaired) electrons. The second kappa shape index (κ2) is 5.54. The van der Waals surface area contributed by atoms with E-state index >= 15 is 0 Å². The van der Waals surface area contributed by atoms with Crippen molar-refractivity contribution in [3.05, 3.63) is 54.5 Å². The van der Waals surface area contributed by atoms with Gasteiger partial charge in [0.1, 0.15) is 11.4 Å². The average Bonchev–Trinajstić information content (AvgIpc) is 2.99. The third kappa shape index (κ3) is 2.38. The van der Waals surface area contributed by atoms with Crippen LogP contribution in [0.1, 0.15) is 10.5 Å². The SMILES string of the molecule is COc1ccc(-n2nnc(C=O)c2-c2ccncc2)cc1. The van der Waals surface area contributed by atoms with Crippen molar-refractivity contribution >= 4 is 6.29 Å². The van der Waals surface area contributed by atoms with Crippen LogP contribution < -0.4 is 4.74 Å². The zero-order valence-electron chi connectivity index (χ0n) is 11.3. The fourth-order valence-corrected chi connectivity index (χ4v) is 2.06. The van der Waals surface area contributed by atoms with Crippen molar-refractivity contribution in [1.29, 1.82) is 0 Å². The van der Waals surface area contributed by atoms with Gasteiger partial charge in [0, 0.05) is 18.0 Å². The molecule has 0 fully saturated rings. The molecule has 0 aliphatic rings. The lowest BCUT2D eigenvalue weighted by atomic mass is 10.1. The second-order valence-corrected chi connectivity index (χ2v) is 4.29. The summed E-state index contributed by atoms with van der Waals surface area (Å²) >= 11 is 0. The van der Waals surface area contributed by atoms with Crippen molar-refractivity contribution < 1.29 is 9.53 Å². The summed E-state index contributed by atoms with van der Waals surface area (Å²) in [5.41, 5.74) is 2.55. The van der Waals surface area contributed by atoms with Crippen LogP contribution in [0.25, 0.3) is 16.9 Å². The van der Waals surface area contributed by atoms with Crippen molar-refractivity contribution in [2.24, 2.45) is 0 Å². The first-order valence-corrected chi connectivity index (χ1v) is 6.29. The van der Waals surface area contributed by atoms with E-state index in [1.807, 2.05) is 36.4 Å². The van der Waals surface area contributed by atoms with Crippen LogP contribution in [0.5, 0.6) is 5.75 Å². The Hall–Kier alpha value is -3.02. The Kier molecular flexibility index (Phi) is 3.42. The molecule has 0 aliphatic carbocycles. The molecular weight excluding hydrogens is 268 g/mol. The monoisotopic (exact) mass is 280 g/mol. The minimum Gasteiger partial charge on any atom is -0.497 e. The van der Waals surface area contributed by atoms with E-state index in [0.29, 0.717) is 12.0 Å². The number of hydrogen-bond donors (Lipinski definition) is 0. The number of carbonyl (C=O) groups excluding carboxylic acids is 1. The van der Waals surface area contributed by atoms with Gasteiger partial charge in [-0.3, -0.25) is 9.78 Å². The molecule has 2 heterocycles. The van der Waals surface area contributed by atoms with Gasteiger partial charge in [0.2, 0.25) is 0 Å². The molecule has 0 spiro atoms. The molecular formula is C15H12N4O2. The number of hydrogen-bond acceptors (Lipinski definition) is 5. The summed E-state index contributed by atoms with van der Waals surface area (Å²) in [6.07, 6.45) is 4.02. The van der Waals surface area contributed by atoms with Crippen LogP contribution >= 0.6 is 0 Å². The van der Waals surface area contributed by atoms with Gasteiger partial charge in [-0.25, -0.2) is 4.68 Å². The zero-order valence-corrected chi connectivity index (χ0v) is 11.3. The number of nitrogens with zero attached hydrogens (tertiary/aromatic N) is 4. The van der Waals surface area contributed by atoms with Crippen LogP contribution in [0.3, 0.4) is 0 Å². The van der Waals surface area contributed by atoms with Crippen LogP contribution in [-0.4, -0.2) is 33.4 Å². The van der Waals surface area contributed by atoms with E-state index in [4.69, 9.17) is 4.74 Å². The first-order chi connectivity index (χ1) is 10.3. The van der Waals surface area contributed by atoms with Crippen molar-refractivity contribution in [2.75, 3.05) is 7.11 Å². The van der Waals surface area contributed by atoms with E-state index < -0.39 is 0 Å². The van der Waals surface area contributed by atoms with E-state index in [1.165, 1.54) is 0 Å². The van der Waals surface area contributed by atoms with Gasteiger partial charge in [0.25, 0.3) is 0 Å². The van der Waals surface area contributed by atoms with Crippen LogP contribution in [0, 0.1) is 0 Å². The van der Waals surface area contributed by atoms with Gasteiger partial charge in [0.05, 0.1) is 12.8 Å². The lowest BCUT2D eigenvalue weighted by Crippen LogP contribution is -2.00. The molecule has 0 amide bonds. The molecule has 0 saturated carbocycles. The molecule has 0 saturated heterocycles. The maximum atomic E-state index is 11.2. The molecule has 2 aromatic heterocycles. The summed E-state index contributed by atoms with van der Waals surface area (Å²) < 4.78 is 6.76. The number of rotatable bonds is 4. The molecule has 1 aromatic carbocycles. The number of aromatic nitrogens is 4. The van der Waals surface area contributed by atoms with Crippen molar-refractivity contribution in [3.8, 4) is 22.7 Å². The third-order valence-corrected chi connectivity index (χ3v) is 3.08. The van der Waals surface area contributed by atoms with Gasteiger partial charge in [-0.05, 0) is 36.4 Å². The van der Waals surface area contributed by atoms with Gasteiger partial charge in [0.15, 0.2) is 12.0 Å². The molecule has 104 valence electrons. The number of pyridine rings is 1. The summed E-state index contributed by atoms with van der Waals surface area (Å²) in [5.74, 6) is 0.750. The quantitative estimate of drug-likeness (QED) is 0.685. The van der Waals surface area contributed by atoms with Crippen LogP contribution in [0.2, 0.25) is 0 Å². The van der Waals surface area contributed by atoms with E-state index in [0.717, 1.165) is 17.0 Å². The Labute approximate surface area is 121 Å². The summed E-state index contributed by atoms with van der Waals surface area (Å²) in [6, 6.07) is 11.0. The molecule has 0 aliphatic heterocycles. The molecule has 0 unspecified atom stereocenters. The first-order valence-electron chi connectivity index (χ1n) is 6.29. The topological polar surface area (TPSA) is 69.9 Å². The fraction of sp³-hybridized carbons (Fsp3) is 0.0667. The standard InChI is InChI=1S/C15H12N4O2/c1-21-13-4-2-12(3-5-13)19-15(14(10-20)17-18-19)11-6-8-16-9-7-11/h2-10H,1H3. The minimum absolute atomic E-state index is 0.289. The van der Waals surface area contributed by atoms with Crippen LogP contribution in [-0.2, 0) is 0 Å². The number of ether oxygens (including phenoxy) is 1. The van der Waals surface area contributed by atoms with E-state index in [1.54, 1.807) is 24.2 Å². The van der Waals surface area contributed by atoms with Crippen molar-refractivity contribution in [2.45, 2.75) is 0 Å². The Bertz CT molecular complexity index is 751. The Morgan fingerprint density at radius 1 is 1.10 bits per heavy atom. The fourth-order valence-electron chi connectivity index (χ4n) is 2.06. The second-order valence-electron chi connectivity index (χ2n) is 4.29. The minimum atomic E-state index is 0.289. The number of benzene rings is 1. The van der Waals surface area contributed by atoms with Gasteiger partial charge in [-0.15, -0.1) is 5.10 Å². The highest BCUT2D eigenvalue weighted by Crippen LogP contribution is 2.24. The van der Waals surface area contributed by atoms with Crippen molar-refractivity contribution in [1.82, 2.24) is 20.0 Å². The Morgan fingerprint density at radius 3 is 2.43 bits per heavy atom. The molecule has 6 heteroatoms. The van der Waals surface area contributed by atoms with Crippen LogP contribution in [0.4, 0.5) is 0 Å². The maximum absolute atomic E-state index is 11.2. The predicted molar refractivity (Wildman–Crippen MR) is 76.5 cm³/mol. The van der Waals surface area contributed by atoms with E-state index in [9.17, 15) is 4.79 Å². The lowest BCUT2D eigenvalue weighted by Gasteiger charge is -2.07. The summed E-state index contributed by atoms with van der Waals surface area (Å²) in [7, 11) is 1.61. The molecule has 6 nitrogen and oxygen atoms in total. The molecule has 3 aromatic rings. The van der Waals surface area contributed by atoms with Crippen LogP contribution in [0.15, 0.2) is 48.8 Å². The predicted octanol–water partition coefficient (Wildman–Crippen LogP) is 2.15. The highest BCUT2D eigenvalue weighted by Gasteiger charge is 2.15. The smallest absolute Gasteiger partial charge is 0.172 e. The highest BCUT2D eigenvalue weighted by atomic mass is 16.5. The molecule has 0 atom stereocenters. The first kappa shape index (κ1) is 13.0. The van der Waals surface area contributed by atoms with Gasteiger partial charge < -0.3 is 4.74 Å². The molecule has 21 heavy (non-hydrogen) atoms. The third-order valence-electron chi connectivity index (χ3n) is 3.08. The zero-order chi connectivity index (χ0) is 14.7. The highest BCUT2D eigenvalue weighted by molar-refractivity contribution is 5.83. The normalized spacial score (nSPS) is 10.3.